The highest BCUT2D eigenvalue weighted by Gasteiger charge is 2.50. The normalized spacial score (nSPS) is 33.0. The number of nitrogens with zero attached hydrogens (tertiary/aromatic N) is 1. The third-order valence-electron chi connectivity index (χ3n) is 9.13. The maximum absolute atomic E-state index is 13.7. The average molecular weight is 503 g/mol. The number of benzene rings is 1. The Labute approximate surface area is 216 Å². The van der Waals surface area contributed by atoms with Gasteiger partial charge in [-0.2, -0.15) is 0 Å². The van der Waals surface area contributed by atoms with E-state index in [0.29, 0.717) is 31.0 Å². The van der Waals surface area contributed by atoms with Crippen molar-refractivity contribution in [1.29, 1.82) is 0 Å². The van der Waals surface area contributed by atoms with Crippen molar-refractivity contribution >= 4 is 23.4 Å². The standard InChI is InChI=1S/C29H43ClN2O3/c1-19(2)25(31-24(33)17-28(5)15-20-6-7-21(14-20)16-28)26(34)32-13-12-29(35,27(3,4)18-32)22-8-10-23(30)11-9-22/h8-11,19-21,25,35H,6-7,12-18H2,1-5H3,(H,31,33)/t20?,21?,25-,28?,29+/m1/s1. The van der Waals surface area contributed by atoms with Crippen molar-refractivity contribution in [2.24, 2.45) is 28.6 Å². The van der Waals surface area contributed by atoms with E-state index < -0.39 is 17.1 Å². The molecule has 5 nitrogen and oxygen atoms in total. The number of fused-ring (bicyclic) bond motifs is 2. The number of amides is 2. The van der Waals surface area contributed by atoms with Crippen LogP contribution in [0.2, 0.25) is 5.02 Å². The molecule has 1 aliphatic heterocycles. The molecular weight excluding hydrogens is 460 g/mol. The summed E-state index contributed by atoms with van der Waals surface area (Å²) < 4.78 is 0. The van der Waals surface area contributed by atoms with Gasteiger partial charge in [0, 0.05) is 29.9 Å². The van der Waals surface area contributed by atoms with Gasteiger partial charge in [-0.15, -0.1) is 0 Å². The summed E-state index contributed by atoms with van der Waals surface area (Å²) >= 11 is 6.06. The third-order valence-corrected chi connectivity index (χ3v) is 9.38. The van der Waals surface area contributed by atoms with Crippen LogP contribution in [-0.2, 0) is 15.2 Å². The van der Waals surface area contributed by atoms with Crippen LogP contribution in [0.1, 0.15) is 85.1 Å². The second-order valence-electron chi connectivity index (χ2n) is 13.0. The fourth-order valence-electron chi connectivity index (χ4n) is 7.26. The van der Waals surface area contributed by atoms with E-state index in [2.05, 4.69) is 12.2 Å². The van der Waals surface area contributed by atoms with Crippen LogP contribution >= 0.6 is 11.6 Å². The lowest BCUT2D eigenvalue weighted by Gasteiger charge is -2.51. The zero-order valence-electron chi connectivity index (χ0n) is 22.1. The Bertz CT molecular complexity index is 932. The molecule has 3 fully saturated rings. The van der Waals surface area contributed by atoms with E-state index in [9.17, 15) is 14.7 Å². The number of hydrogen-bond acceptors (Lipinski definition) is 3. The number of hydrogen-bond donors (Lipinski definition) is 2. The van der Waals surface area contributed by atoms with E-state index in [1.54, 1.807) is 12.1 Å². The second-order valence-corrected chi connectivity index (χ2v) is 13.4. The Morgan fingerprint density at radius 1 is 1.11 bits per heavy atom. The summed E-state index contributed by atoms with van der Waals surface area (Å²) in [4.78, 5) is 28.6. The molecule has 4 rings (SSSR count). The molecule has 2 bridgehead atoms. The molecule has 194 valence electrons. The SMILES string of the molecule is CC(C)[C@@H](NC(=O)CC1(C)CC2CCC(C2)C1)C(=O)N1CC[C@](O)(c2ccc(Cl)cc2)C(C)(C)C1. The molecule has 1 heterocycles. The monoisotopic (exact) mass is 502 g/mol. The van der Waals surface area contributed by atoms with Crippen molar-refractivity contribution in [2.45, 2.75) is 91.2 Å². The van der Waals surface area contributed by atoms with Crippen LogP contribution in [0.25, 0.3) is 0 Å². The highest BCUT2D eigenvalue weighted by atomic mass is 35.5. The number of rotatable bonds is 6. The zero-order valence-corrected chi connectivity index (χ0v) is 22.8. The maximum Gasteiger partial charge on any atom is 0.245 e. The Hall–Kier alpha value is -1.59. The van der Waals surface area contributed by atoms with Gasteiger partial charge in [-0.05, 0) is 66.5 Å². The number of likely N-dealkylation sites (tertiary alicyclic amines) is 1. The lowest BCUT2D eigenvalue weighted by Crippen LogP contribution is -2.60. The van der Waals surface area contributed by atoms with Crippen LogP contribution in [-0.4, -0.2) is 41.0 Å². The number of nitrogens with one attached hydrogen (secondary N) is 1. The number of carbonyl (C=O) groups excluding carboxylic acids is 2. The molecule has 0 radical (unpaired) electrons. The minimum atomic E-state index is -1.06. The highest BCUT2D eigenvalue weighted by molar-refractivity contribution is 6.30. The van der Waals surface area contributed by atoms with Crippen molar-refractivity contribution in [1.82, 2.24) is 10.2 Å². The first-order valence-electron chi connectivity index (χ1n) is 13.4. The molecule has 1 aromatic carbocycles. The van der Waals surface area contributed by atoms with Crippen molar-refractivity contribution in [3.05, 3.63) is 34.9 Å². The largest absolute Gasteiger partial charge is 0.384 e. The van der Waals surface area contributed by atoms with Gasteiger partial charge in [0.2, 0.25) is 11.8 Å². The smallest absolute Gasteiger partial charge is 0.245 e. The first-order chi connectivity index (χ1) is 16.3. The summed E-state index contributed by atoms with van der Waals surface area (Å²) in [5.74, 6) is 1.47. The summed E-state index contributed by atoms with van der Waals surface area (Å²) in [6, 6.07) is 6.78. The van der Waals surface area contributed by atoms with E-state index in [1.165, 1.54) is 19.3 Å². The summed E-state index contributed by atoms with van der Waals surface area (Å²) in [5, 5.41) is 15.4. The second kappa shape index (κ2) is 9.70. The van der Waals surface area contributed by atoms with E-state index >= 15 is 0 Å². The van der Waals surface area contributed by atoms with Gasteiger partial charge in [0.1, 0.15) is 6.04 Å². The molecule has 2 aliphatic carbocycles. The first kappa shape index (κ1) is 26.5. The molecule has 4 atom stereocenters. The molecule has 6 heteroatoms. The van der Waals surface area contributed by atoms with Gasteiger partial charge in [-0.1, -0.05) is 71.2 Å². The van der Waals surface area contributed by atoms with Crippen LogP contribution in [0.5, 0.6) is 0 Å². The maximum atomic E-state index is 13.7. The minimum absolute atomic E-state index is 0.00483. The summed E-state index contributed by atoms with van der Waals surface area (Å²) in [6.45, 7) is 11.1. The van der Waals surface area contributed by atoms with Gasteiger partial charge in [0.25, 0.3) is 0 Å². The number of piperidine rings is 1. The summed E-state index contributed by atoms with van der Waals surface area (Å²) in [7, 11) is 0. The molecule has 35 heavy (non-hydrogen) atoms. The van der Waals surface area contributed by atoms with Gasteiger partial charge < -0.3 is 15.3 Å². The predicted molar refractivity (Wildman–Crippen MR) is 140 cm³/mol. The van der Waals surface area contributed by atoms with Crippen LogP contribution in [0.15, 0.2) is 24.3 Å². The van der Waals surface area contributed by atoms with Crippen LogP contribution in [0, 0.1) is 28.6 Å². The molecule has 1 aromatic rings. The zero-order chi connectivity index (χ0) is 25.6. The minimum Gasteiger partial charge on any atom is -0.384 e. The molecule has 3 aliphatic rings. The van der Waals surface area contributed by atoms with Crippen molar-refractivity contribution < 1.29 is 14.7 Å². The van der Waals surface area contributed by atoms with Crippen LogP contribution < -0.4 is 5.32 Å². The van der Waals surface area contributed by atoms with E-state index in [0.717, 1.165) is 30.2 Å². The van der Waals surface area contributed by atoms with Crippen molar-refractivity contribution in [2.75, 3.05) is 13.1 Å². The molecule has 2 amide bonds. The van der Waals surface area contributed by atoms with Crippen LogP contribution in [0.3, 0.4) is 0 Å². The van der Waals surface area contributed by atoms with Gasteiger partial charge in [0.15, 0.2) is 0 Å². The number of aliphatic hydroxyl groups is 1. The molecule has 2 saturated carbocycles. The predicted octanol–water partition coefficient (Wildman–Crippen LogP) is 5.53. The molecule has 2 unspecified atom stereocenters. The highest BCUT2D eigenvalue weighted by Crippen LogP contribution is 2.52. The first-order valence-corrected chi connectivity index (χ1v) is 13.8. The Kier molecular flexibility index (Phi) is 7.34. The number of halogens is 1. The van der Waals surface area contributed by atoms with E-state index in [1.807, 2.05) is 44.7 Å². The van der Waals surface area contributed by atoms with Crippen LogP contribution in [0.4, 0.5) is 0 Å². The fraction of sp³-hybridized carbons (Fsp3) is 0.724. The lowest BCUT2D eigenvalue weighted by molar-refractivity contribution is -0.157. The van der Waals surface area contributed by atoms with E-state index in [4.69, 9.17) is 11.6 Å². The van der Waals surface area contributed by atoms with Crippen molar-refractivity contribution in [3.63, 3.8) is 0 Å². The molecular formula is C29H43ClN2O3. The molecule has 0 spiro atoms. The van der Waals surface area contributed by atoms with Gasteiger partial charge >= 0.3 is 0 Å². The Balaban J connectivity index is 1.42. The van der Waals surface area contributed by atoms with Gasteiger partial charge in [-0.3, -0.25) is 9.59 Å². The van der Waals surface area contributed by atoms with Gasteiger partial charge in [0.05, 0.1) is 5.60 Å². The summed E-state index contributed by atoms with van der Waals surface area (Å²) in [5.41, 5.74) is -0.752. The molecule has 0 aromatic heterocycles. The average Bonchev–Trinajstić information content (AvgIpc) is 3.12. The van der Waals surface area contributed by atoms with E-state index in [-0.39, 0.29) is 23.1 Å². The topological polar surface area (TPSA) is 69.6 Å². The Morgan fingerprint density at radius 3 is 2.26 bits per heavy atom. The lowest BCUT2D eigenvalue weighted by atomic mass is 9.66. The van der Waals surface area contributed by atoms with Gasteiger partial charge in [-0.25, -0.2) is 0 Å². The summed E-state index contributed by atoms with van der Waals surface area (Å²) in [6.07, 6.45) is 7.13. The van der Waals surface area contributed by atoms with Crippen molar-refractivity contribution in [3.8, 4) is 0 Å². The fourth-order valence-corrected chi connectivity index (χ4v) is 7.39. The third kappa shape index (κ3) is 5.41. The Morgan fingerprint density at radius 2 is 1.71 bits per heavy atom. The molecule has 1 saturated heterocycles. The number of carbonyl (C=O) groups is 2. The molecule has 2 N–H and O–H groups in total. The quantitative estimate of drug-likeness (QED) is 0.537.